The van der Waals surface area contributed by atoms with Crippen LogP contribution in [0.1, 0.15) is 12.5 Å². The molecular weight excluding hydrogens is 262 g/mol. The predicted molar refractivity (Wildman–Crippen MR) is 71.5 cm³/mol. The highest BCUT2D eigenvalue weighted by atomic mass is 32.2. The van der Waals surface area contributed by atoms with Gasteiger partial charge in [0.2, 0.25) is 0 Å². The predicted octanol–water partition coefficient (Wildman–Crippen LogP) is 1.89. The molecule has 0 radical (unpaired) electrons. The molecule has 0 aliphatic heterocycles. The molecule has 0 spiro atoms. The maximum Gasteiger partial charge on any atom is 0.168 e. The lowest BCUT2D eigenvalue weighted by molar-refractivity contribution is -0.693. The summed E-state index contributed by atoms with van der Waals surface area (Å²) in [6.45, 7) is 5.00. The molecule has 0 bridgehead atoms. The van der Waals surface area contributed by atoms with Gasteiger partial charge in [0.25, 0.3) is 0 Å². The van der Waals surface area contributed by atoms with E-state index in [0.29, 0.717) is 0 Å². The van der Waals surface area contributed by atoms with E-state index in [1.165, 1.54) is 12.1 Å². The highest BCUT2D eigenvalue weighted by molar-refractivity contribution is 7.85. The van der Waals surface area contributed by atoms with Crippen molar-refractivity contribution in [1.29, 1.82) is 0 Å². The summed E-state index contributed by atoms with van der Waals surface area (Å²) in [6, 6.07) is 11.9. The van der Waals surface area contributed by atoms with Crippen LogP contribution in [0.5, 0.6) is 0 Å². The molecule has 1 aromatic carbocycles. The van der Waals surface area contributed by atoms with Gasteiger partial charge in [-0.15, -0.1) is 0 Å². The number of nitrogens with zero attached hydrogens (tertiary/aromatic N) is 1. The van der Waals surface area contributed by atoms with Gasteiger partial charge in [0.15, 0.2) is 12.4 Å². The van der Waals surface area contributed by atoms with Crippen LogP contribution in [0.3, 0.4) is 0 Å². The Hall–Kier alpha value is -1.72. The minimum absolute atomic E-state index is 0.178. The molecule has 0 saturated heterocycles. The van der Waals surface area contributed by atoms with Gasteiger partial charge in [-0.05, 0) is 26.0 Å². The molecule has 19 heavy (non-hydrogen) atoms. The molecule has 2 aromatic rings. The van der Waals surface area contributed by atoms with E-state index < -0.39 is 10.1 Å². The monoisotopic (exact) mass is 279 g/mol. The fourth-order valence-electron chi connectivity index (χ4n) is 1.35. The van der Waals surface area contributed by atoms with E-state index in [0.717, 1.165) is 12.1 Å². The van der Waals surface area contributed by atoms with E-state index in [9.17, 15) is 13.0 Å². The van der Waals surface area contributed by atoms with Gasteiger partial charge in [-0.25, -0.2) is 13.0 Å². The van der Waals surface area contributed by atoms with Crippen LogP contribution in [0.2, 0.25) is 0 Å². The molecule has 0 aliphatic carbocycles. The van der Waals surface area contributed by atoms with Gasteiger partial charge in [0, 0.05) is 12.1 Å². The molecule has 0 amide bonds. The summed E-state index contributed by atoms with van der Waals surface area (Å²) >= 11 is 0. The highest BCUT2D eigenvalue weighted by Crippen LogP contribution is 2.08. The lowest BCUT2D eigenvalue weighted by Gasteiger charge is -2.05. The molecule has 0 atom stereocenters. The van der Waals surface area contributed by atoms with Gasteiger partial charge in [-0.3, -0.25) is 0 Å². The lowest BCUT2D eigenvalue weighted by atomic mass is 10.2. The Morgan fingerprint density at radius 3 is 1.95 bits per heavy atom. The van der Waals surface area contributed by atoms with Gasteiger partial charge in [-0.1, -0.05) is 23.8 Å². The number of hydrogen-bond donors (Lipinski definition) is 0. The molecule has 2 rings (SSSR count). The topological polar surface area (TPSA) is 61.1 Å². The molecule has 0 unspecified atom stereocenters. The van der Waals surface area contributed by atoms with Crippen LogP contribution >= 0.6 is 0 Å². The first-order valence-electron chi connectivity index (χ1n) is 5.90. The molecular formula is C14H17NO3S. The summed E-state index contributed by atoms with van der Waals surface area (Å²) in [7, 11) is -4.27. The van der Waals surface area contributed by atoms with Gasteiger partial charge in [-0.2, -0.15) is 0 Å². The Morgan fingerprint density at radius 2 is 1.58 bits per heavy atom. The normalized spacial score (nSPS) is 10.5. The number of benzene rings is 1. The number of rotatable bonds is 2. The molecule has 0 saturated carbocycles. The van der Waals surface area contributed by atoms with Crippen LogP contribution in [0, 0.1) is 6.92 Å². The van der Waals surface area contributed by atoms with Crippen molar-refractivity contribution in [2.75, 3.05) is 0 Å². The smallest absolute Gasteiger partial charge is 0.168 e. The summed E-state index contributed by atoms with van der Waals surface area (Å²) in [6.07, 6.45) is 4.11. The maximum absolute atomic E-state index is 10.4. The zero-order valence-electron chi connectivity index (χ0n) is 11.0. The summed E-state index contributed by atoms with van der Waals surface area (Å²) in [4.78, 5) is -0.178. The zero-order valence-corrected chi connectivity index (χ0v) is 11.8. The Kier molecular flexibility index (Phi) is 5.66. The number of hydrogen-bond acceptors (Lipinski definition) is 3. The standard InChI is InChI=1S/C7H10N.C7H8O3S/c1-2-8-6-4-3-5-7-8;1-6-2-4-7(5-3-6)11(8,9)10/h3-7H,2H2,1H3;2-5H,1H3,(H,8,9,10)/q+1;/p-1. The van der Waals surface area contributed by atoms with E-state index in [1.54, 1.807) is 12.1 Å². The second-order valence-corrected chi connectivity index (χ2v) is 5.35. The molecule has 102 valence electrons. The molecule has 1 aromatic heterocycles. The minimum Gasteiger partial charge on any atom is -0.744 e. The summed E-state index contributed by atoms with van der Waals surface area (Å²) in [5.74, 6) is 0. The van der Waals surface area contributed by atoms with Crippen LogP contribution in [0.25, 0.3) is 0 Å². The zero-order chi connectivity index (χ0) is 14.3. The van der Waals surface area contributed by atoms with E-state index >= 15 is 0 Å². The van der Waals surface area contributed by atoms with Crippen molar-refractivity contribution >= 4 is 10.1 Å². The van der Waals surface area contributed by atoms with Crippen molar-refractivity contribution in [3.63, 3.8) is 0 Å². The molecule has 0 N–H and O–H groups in total. The van der Waals surface area contributed by atoms with Crippen molar-refractivity contribution in [2.24, 2.45) is 0 Å². The van der Waals surface area contributed by atoms with Crippen LogP contribution in [0.4, 0.5) is 0 Å². The Labute approximate surface area is 114 Å². The largest absolute Gasteiger partial charge is 0.744 e. The summed E-state index contributed by atoms with van der Waals surface area (Å²) in [5, 5.41) is 0. The number of aryl methyl sites for hydroxylation is 2. The fourth-order valence-corrected chi connectivity index (χ4v) is 1.82. The summed E-state index contributed by atoms with van der Waals surface area (Å²) in [5.41, 5.74) is 0.928. The Morgan fingerprint density at radius 1 is 1.05 bits per heavy atom. The maximum atomic E-state index is 10.4. The van der Waals surface area contributed by atoms with E-state index in [2.05, 4.69) is 23.9 Å². The third-order valence-electron chi connectivity index (χ3n) is 2.45. The average Bonchev–Trinajstić information content (AvgIpc) is 2.40. The Bertz CT molecular complexity index is 592. The Balaban J connectivity index is 0.000000200. The van der Waals surface area contributed by atoms with Crippen LogP contribution in [-0.2, 0) is 16.7 Å². The van der Waals surface area contributed by atoms with Crippen LogP contribution < -0.4 is 4.57 Å². The fraction of sp³-hybridized carbons (Fsp3) is 0.214. The first-order chi connectivity index (χ1) is 8.93. The van der Waals surface area contributed by atoms with Crippen molar-refractivity contribution in [2.45, 2.75) is 25.3 Å². The van der Waals surface area contributed by atoms with Gasteiger partial charge < -0.3 is 4.55 Å². The van der Waals surface area contributed by atoms with Crippen LogP contribution in [-0.4, -0.2) is 13.0 Å². The minimum atomic E-state index is -4.27. The third kappa shape index (κ3) is 5.63. The number of aromatic nitrogens is 1. The van der Waals surface area contributed by atoms with Gasteiger partial charge >= 0.3 is 0 Å². The van der Waals surface area contributed by atoms with Gasteiger partial charge in [0.1, 0.15) is 16.7 Å². The van der Waals surface area contributed by atoms with Gasteiger partial charge in [0.05, 0.1) is 4.90 Å². The molecule has 1 heterocycles. The first kappa shape index (κ1) is 15.3. The molecule has 0 fully saturated rings. The molecule has 0 aliphatic rings. The molecule has 5 heteroatoms. The van der Waals surface area contributed by atoms with Crippen molar-refractivity contribution in [3.8, 4) is 0 Å². The molecule has 4 nitrogen and oxygen atoms in total. The van der Waals surface area contributed by atoms with E-state index in [4.69, 9.17) is 0 Å². The van der Waals surface area contributed by atoms with E-state index in [1.807, 2.05) is 25.1 Å². The highest BCUT2D eigenvalue weighted by Gasteiger charge is 1.97. The second-order valence-electron chi connectivity index (χ2n) is 3.97. The third-order valence-corrected chi connectivity index (χ3v) is 3.30. The SMILES string of the molecule is CC[n+]1ccccc1.Cc1ccc(S(=O)(=O)[O-])cc1. The van der Waals surface area contributed by atoms with Crippen molar-refractivity contribution < 1.29 is 17.5 Å². The van der Waals surface area contributed by atoms with E-state index in [-0.39, 0.29) is 4.90 Å². The van der Waals surface area contributed by atoms with Crippen molar-refractivity contribution in [1.82, 2.24) is 0 Å². The second kappa shape index (κ2) is 7.01. The quantitative estimate of drug-likeness (QED) is 0.623. The summed E-state index contributed by atoms with van der Waals surface area (Å²) < 4.78 is 33.3. The first-order valence-corrected chi connectivity index (χ1v) is 7.31. The van der Waals surface area contributed by atoms with Crippen LogP contribution in [0.15, 0.2) is 59.8 Å². The van der Waals surface area contributed by atoms with Crippen molar-refractivity contribution in [3.05, 3.63) is 60.4 Å². The average molecular weight is 279 g/mol. The lowest BCUT2D eigenvalue weighted by Crippen LogP contribution is -2.30. The number of pyridine rings is 1.